The highest BCUT2D eigenvalue weighted by Gasteiger charge is 2.01. The summed E-state index contributed by atoms with van der Waals surface area (Å²) >= 11 is 0. The van der Waals surface area contributed by atoms with Gasteiger partial charge in [0.25, 0.3) is 5.91 Å². The highest BCUT2D eigenvalue weighted by molar-refractivity contribution is 5.94. The fourth-order valence-corrected chi connectivity index (χ4v) is 1.40. The van der Waals surface area contributed by atoms with Gasteiger partial charge in [0.2, 0.25) is 0 Å². The van der Waals surface area contributed by atoms with Crippen LogP contribution in [0.5, 0.6) is 5.75 Å². The van der Waals surface area contributed by atoms with Crippen molar-refractivity contribution in [2.24, 2.45) is 0 Å². The summed E-state index contributed by atoms with van der Waals surface area (Å²) in [4.78, 5) is 19.4. The van der Waals surface area contributed by atoms with Crippen LogP contribution in [0.15, 0.2) is 49.1 Å². The summed E-state index contributed by atoms with van der Waals surface area (Å²) in [5.74, 6) is 6.12. The summed E-state index contributed by atoms with van der Waals surface area (Å²) in [5.41, 5.74) is 0.563. The number of hydrogen-bond donors (Lipinski definition) is 1. The van der Waals surface area contributed by atoms with Crippen LogP contribution in [0.4, 0.5) is 0 Å². The lowest BCUT2D eigenvalue weighted by molar-refractivity contribution is 0.0958. The molecule has 1 N–H and O–H groups in total. The molecule has 0 radical (unpaired) electrons. The largest absolute Gasteiger partial charge is 0.479 e. The number of nitrogens with one attached hydrogen (secondary N) is 1. The number of ether oxygens (including phenoxy) is 1. The first-order valence-electron chi connectivity index (χ1n) is 6.03. The van der Waals surface area contributed by atoms with Gasteiger partial charge in [-0.05, 0) is 24.3 Å². The van der Waals surface area contributed by atoms with Crippen molar-refractivity contribution in [3.05, 3.63) is 54.6 Å². The van der Waals surface area contributed by atoms with E-state index in [4.69, 9.17) is 4.74 Å². The minimum absolute atomic E-state index is 0.171. The summed E-state index contributed by atoms with van der Waals surface area (Å²) in [6.07, 6.45) is 6.44. The number of carbonyl (C=O) groups excluding carboxylic acids is 1. The van der Waals surface area contributed by atoms with Gasteiger partial charge >= 0.3 is 0 Å². The third kappa shape index (κ3) is 4.42. The first-order valence-corrected chi connectivity index (χ1v) is 6.03. The minimum Gasteiger partial charge on any atom is -0.479 e. The van der Waals surface area contributed by atoms with E-state index in [1.807, 2.05) is 0 Å². The van der Waals surface area contributed by atoms with E-state index in [2.05, 4.69) is 27.1 Å². The Kier molecular flexibility index (Phi) is 5.11. The molecule has 20 heavy (non-hydrogen) atoms. The van der Waals surface area contributed by atoms with Crippen molar-refractivity contribution in [3.63, 3.8) is 0 Å². The Bertz CT molecular complexity index is 603. The lowest BCUT2D eigenvalue weighted by Crippen LogP contribution is -2.23. The maximum Gasteiger partial charge on any atom is 0.252 e. The van der Waals surface area contributed by atoms with Gasteiger partial charge in [0, 0.05) is 24.2 Å². The summed E-state index contributed by atoms with van der Waals surface area (Å²) in [7, 11) is 0. The number of pyridine rings is 2. The molecule has 1 amide bonds. The van der Waals surface area contributed by atoms with E-state index < -0.39 is 0 Å². The minimum atomic E-state index is -0.171. The first kappa shape index (κ1) is 13.6. The summed E-state index contributed by atoms with van der Waals surface area (Å²) in [6.45, 7) is 0.536. The second kappa shape index (κ2) is 7.54. The second-order valence-corrected chi connectivity index (χ2v) is 3.75. The standard InChI is InChI=1S/C15H13N3O2/c19-15(13-5-9-16-10-6-13)18-8-1-2-11-20-14-4-3-7-17-12-14/h3-7,9-10,12H,8,11H2,(H,18,19). The van der Waals surface area contributed by atoms with Crippen molar-refractivity contribution in [2.75, 3.05) is 13.2 Å². The van der Waals surface area contributed by atoms with Gasteiger partial charge in [-0.25, -0.2) is 0 Å². The van der Waals surface area contributed by atoms with Gasteiger partial charge in [-0.2, -0.15) is 0 Å². The monoisotopic (exact) mass is 267 g/mol. The van der Waals surface area contributed by atoms with Crippen LogP contribution in [0, 0.1) is 11.8 Å². The number of hydrogen-bond acceptors (Lipinski definition) is 4. The molecule has 0 aliphatic heterocycles. The molecule has 0 atom stereocenters. The van der Waals surface area contributed by atoms with Gasteiger partial charge < -0.3 is 10.1 Å². The Morgan fingerprint density at radius 3 is 2.75 bits per heavy atom. The molecule has 5 heteroatoms. The van der Waals surface area contributed by atoms with Crippen LogP contribution in [0.25, 0.3) is 0 Å². The smallest absolute Gasteiger partial charge is 0.252 e. The lowest BCUT2D eigenvalue weighted by Gasteiger charge is -2.00. The fraction of sp³-hybridized carbons (Fsp3) is 0.133. The molecule has 100 valence electrons. The van der Waals surface area contributed by atoms with Crippen LogP contribution in [-0.4, -0.2) is 29.0 Å². The van der Waals surface area contributed by atoms with Gasteiger partial charge in [0.1, 0.15) is 12.4 Å². The zero-order chi connectivity index (χ0) is 14.0. The van der Waals surface area contributed by atoms with E-state index in [0.717, 1.165) is 0 Å². The van der Waals surface area contributed by atoms with Gasteiger partial charge in [-0.3, -0.25) is 14.8 Å². The molecule has 0 unspecified atom stereocenters. The molecule has 0 saturated carbocycles. The lowest BCUT2D eigenvalue weighted by atomic mass is 10.2. The Morgan fingerprint density at radius 1 is 1.15 bits per heavy atom. The highest BCUT2D eigenvalue weighted by atomic mass is 16.5. The normalized spacial score (nSPS) is 9.20. The molecule has 2 rings (SSSR count). The molecule has 0 spiro atoms. The van der Waals surface area contributed by atoms with Crippen LogP contribution < -0.4 is 10.1 Å². The molecule has 0 aromatic carbocycles. The van der Waals surface area contributed by atoms with E-state index >= 15 is 0 Å². The van der Waals surface area contributed by atoms with Crippen molar-refractivity contribution >= 4 is 5.91 Å². The van der Waals surface area contributed by atoms with E-state index in [0.29, 0.717) is 11.3 Å². The number of amides is 1. The van der Waals surface area contributed by atoms with Crippen LogP contribution in [0.3, 0.4) is 0 Å². The Labute approximate surface area is 117 Å². The second-order valence-electron chi connectivity index (χ2n) is 3.75. The van der Waals surface area contributed by atoms with E-state index in [-0.39, 0.29) is 19.1 Å². The van der Waals surface area contributed by atoms with E-state index in [1.165, 1.54) is 0 Å². The zero-order valence-electron chi connectivity index (χ0n) is 10.7. The van der Waals surface area contributed by atoms with Gasteiger partial charge in [-0.1, -0.05) is 11.8 Å². The van der Waals surface area contributed by atoms with Gasteiger partial charge in [0.15, 0.2) is 0 Å². The Hall–Kier alpha value is -2.87. The quantitative estimate of drug-likeness (QED) is 0.848. The fourth-order valence-electron chi connectivity index (χ4n) is 1.40. The van der Waals surface area contributed by atoms with Crippen molar-refractivity contribution in [1.82, 2.24) is 15.3 Å². The van der Waals surface area contributed by atoms with Crippen molar-refractivity contribution in [3.8, 4) is 17.6 Å². The summed E-state index contributed by atoms with van der Waals surface area (Å²) in [6, 6.07) is 6.89. The molecule has 2 aromatic heterocycles. The summed E-state index contributed by atoms with van der Waals surface area (Å²) in [5, 5.41) is 2.69. The average molecular weight is 267 g/mol. The molecule has 0 fully saturated rings. The number of nitrogens with zero attached hydrogens (tertiary/aromatic N) is 2. The molecule has 2 heterocycles. The van der Waals surface area contributed by atoms with Gasteiger partial charge in [0.05, 0.1) is 12.7 Å². The third-order valence-corrected chi connectivity index (χ3v) is 2.35. The molecule has 0 bridgehead atoms. The van der Waals surface area contributed by atoms with Crippen molar-refractivity contribution in [1.29, 1.82) is 0 Å². The molecule has 2 aromatic rings. The van der Waals surface area contributed by atoms with Crippen LogP contribution in [-0.2, 0) is 0 Å². The zero-order valence-corrected chi connectivity index (χ0v) is 10.7. The Balaban J connectivity index is 1.69. The average Bonchev–Trinajstić information content (AvgIpc) is 2.52. The van der Waals surface area contributed by atoms with Crippen molar-refractivity contribution in [2.45, 2.75) is 0 Å². The third-order valence-electron chi connectivity index (χ3n) is 2.35. The molecule has 0 aliphatic carbocycles. The molecular weight excluding hydrogens is 254 g/mol. The van der Waals surface area contributed by atoms with Crippen LogP contribution in [0.2, 0.25) is 0 Å². The first-order chi connectivity index (χ1) is 9.86. The molecular formula is C15H13N3O2. The molecule has 0 saturated heterocycles. The van der Waals surface area contributed by atoms with Crippen molar-refractivity contribution < 1.29 is 9.53 Å². The van der Waals surface area contributed by atoms with Crippen LogP contribution in [0.1, 0.15) is 10.4 Å². The molecule has 0 aliphatic rings. The number of rotatable bonds is 4. The maximum atomic E-state index is 11.7. The maximum absolute atomic E-state index is 11.7. The predicted molar refractivity (Wildman–Crippen MR) is 74.1 cm³/mol. The topological polar surface area (TPSA) is 64.1 Å². The van der Waals surface area contributed by atoms with Gasteiger partial charge in [-0.15, -0.1) is 0 Å². The Morgan fingerprint density at radius 2 is 2.00 bits per heavy atom. The number of aromatic nitrogens is 2. The predicted octanol–water partition coefficient (Wildman–Crippen LogP) is 1.29. The van der Waals surface area contributed by atoms with Crippen LogP contribution >= 0.6 is 0 Å². The van der Waals surface area contributed by atoms with E-state index in [1.54, 1.807) is 49.1 Å². The highest BCUT2D eigenvalue weighted by Crippen LogP contribution is 2.04. The number of carbonyl (C=O) groups is 1. The van der Waals surface area contributed by atoms with E-state index in [9.17, 15) is 4.79 Å². The molecule has 5 nitrogen and oxygen atoms in total. The summed E-state index contributed by atoms with van der Waals surface area (Å²) < 4.78 is 5.34. The SMILES string of the molecule is O=C(NCC#CCOc1cccnc1)c1ccncc1.